The highest BCUT2D eigenvalue weighted by atomic mass is 32.2. The number of methoxy groups -OCH3 is 4. The van der Waals surface area contributed by atoms with Crippen molar-refractivity contribution in [2.45, 2.75) is 17.7 Å². The molecule has 1 fully saturated rings. The third-order valence-corrected chi connectivity index (χ3v) is 7.25. The summed E-state index contributed by atoms with van der Waals surface area (Å²) in [5, 5.41) is 2.85. The Hall–Kier alpha value is -2.98. The summed E-state index contributed by atoms with van der Waals surface area (Å²) in [6.45, 7) is 0.384. The molecule has 0 aliphatic carbocycles. The minimum atomic E-state index is -3.89. The van der Waals surface area contributed by atoms with Crippen LogP contribution < -0.4 is 24.3 Å². The Balaban J connectivity index is 1.80. The van der Waals surface area contributed by atoms with Crippen LogP contribution in [-0.2, 0) is 14.8 Å². The molecule has 1 saturated heterocycles. The molecule has 9 nitrogen and oxygen atoms in total. The van der Waals surface area contributed by atoms with Gasteiger partial charge in [-0.15, -0.1) is 0 Å². The number of piperidine rings is 1. The predicted octanol–water partition coefficient (Wildman–Crippen LogP) is 2.76. The Labute approximate surface area is 188 Å². The van der Waals surface area contributed by atoms with Crippen molar-refractivity contribution in [2.24, 2.45) is 5.92 Å². The molecule has 0 saturated carbocycles. The molecule has 0 spiro atoms. The number of amides is 1. The fourth-order valence-corrected chi connectivity index (χ4v) is 5.32. The van der Waals surface area contributed by atoms with Gasteiger partial charge in [-0.25, -0.2) is 8.42 Å². The summed E-state index contributed by atoms with van der Waals surface area (Å²) in [7, 11) is 2.04. The van der Waals surface area contributed by atoms with Crippen LogP contribution in [0.25, 0.3) is 0 Å². The van der Waals surface area contributed by atoms with E-state index in [9.17, 15) is 13.2 Å². The molecule has 0 radical (unpaired) electrons. The van der Waals surface area contributed by atoms with Crippen molar-refractivity contribution in [3.63, 3.8) is 0 Å². The molecule has 2 aromatic carbocycles. The maximum Gasteiger partial charge on any atom is 0.246 e. The summed E-state index contributed by atoms with van der Waals surface area (Å²) in [5.74, 6) is 0.934. The van der Waals surface area contributed by atoms with Crippen molar-refractivity contribution >= 4 is 21.6 Å². The van der Waals surface area contributed by atoms with Crippen LogP contribution in [0.15, 0.2) is 41.3 Å². The Bertz CT molecular complexity index is 1050. The minimum absolute atomic E-state index is 0.0120. The van der Waals surface area contributed by atoms with E-state index in [2.05, 4.69) is 5.32 Å². The number of sulfonamides is 1. The molecule has 1 N–H and O–H groups in total. The van der Waals surface area contributed by atoms with Crippen LogP contribution in [0.4, 0.5) is 5.69 Å². The molecule has 1 aliphatic rings. The van der Waals surface area contributed by atoms with Crippen LogP contribution in [0.1, 0.15) is 12.8 Å². The fraction of sp³-hybridized carbons (Fsp3) is 0.409. The van der Waals surface area contributed by atoms with E-state index in [1.807, 2.05) is 0 Å². The van der Waals surface area contributed by atoms with E-state index in [1.54, 1.807) is 30.3 Å². The third kappa shape index (κ3) is 5.08. The number of nitrogens with one attached hydrogen (secondary N) is 1. The van der Waals surface area contributed by atoms with Crippen LogP contribution >= 0.6 is 0 Å². The Morgan fingerprint density at radius 2 is 1.59 bits per heavy atom. The van der Waals surface area contributed by atoms with Crippen molar-refractivity contribution in [3.8, 4) is 23.0 Å². The Morgan fingerprint density at radius 3 is 2.19 bits per heavy atom. The maximum absolute atomic E-state index is 13.4. The zero-order valence-electron chi connectivity index (χ0n) is 18.6. The quantitative estimate of drug-likeness (QED) is 0.641. The van der Waals surface area contributed by atoms with Crippen molar-refractivity contribution in [2.75, 3.05) is 46.8 Å². The highest BCUT2D eigenvalue weighted by Gasteiger charge is 2.35. The molecule has 1 amide bonds. The van der Waals surface area contributed by atoms with E-state index < -0.39 is 15.9 Å². The third-order valence-electron chi connectivity index (χ3n) is 5.36. The molecule has 0 bridgehead atoms. The average Bonchev–Trinajstić information content (AvgIpc) is 2.83. The Kier molecular flexibility index (Phi) is 7.47. The first-order valence-electron chi connectivity index (χ1n) is 10.1. The number of benzene rings is 2. The van der Waals surface area contributed by atoms with Gasteiger partial charge in [0.15, 0.2) is 0 Å². The monoisotopic (exact) mass is 464 g/mol. The summed E-state index contributed by atoms with van der Waals surface area (Å²) >= 11 is 0. The van der Waals surface area contributed by atoms with Crippen molar-refractivity contribution in [1.82, 2.24) is 4.31 Å². The first kappa shape index (κ1) is 23.7. The van der Waals surface area contributed by atoms with E-state index >= 15 is 0 Å². The lowest BCUT2D eigenvalue weighted by Gasteiger charge is -2.31. The lowest BCUT2D eigenvalue weighted by atomic mass is 9.98. The van der Waals surface area contributed by atoms with Crippen molar-refractivity contribution in [3.05, 3.63) is 36.4 Å². The fourth-order valence-electron chi connectivity index (χ4n) is 3.62. The van der Waals surface area contributed by atoms with Gasteiger partial charge in [-0.3, -0.25) is 4.79 Å². The van der Waals surface area contributed by atoms with E-state index in [1.165, 1.54) is 38.8 Å². The first-order chi connectivity index (χ1) is 15.3. The summed E-state index contributed by atoms with van der Waals surface area (Å²) in [6.07, 6.45) is 1.14. The number of carbonyl (C=O) groups is 1. The van der Waals surface area contributed by atoms with Gasteiger partial charge in [0.2, 0.25) is 15.9 Å². The van der Waals surface area contributed by atoms with Gasteiger partial charge in [0, 0.05) is 43.0 Å². The topological polar surface area (TPSA) is 103 Å². The smallest absolute Gasteiger partial charge is 0.246 e. The number of hydrogen-bond acceptors (Lipinski definition) is 7. The molecule has 3 rings (SSSR count). The zero-order chi connectivity index (χ0) is 23.3. The van der Waals surface area contributed by atoms with Crippen LogP contribution in [0.3, 0.4) is 0 Å². The van der Waals surface area contributed by atoms with E-state index in [0.717, 1.165) is 0 Å². The normalized spacial score (nSPS) is 16.8. The molecule has 10 heteroatoms. The molecule has 0 aromatic heterocycles. The number of ether oxygens (including phenoxy) is 4. The maximum atomic E-state index is 13.4. The SMILES string of the molecule is COc1cc(NC(=O)C2CCCN(S(=O)(=O)c3cc(OC)ccc3OC)C2)cc(OC)c1. The van der Waals surface area contributed by atoms with Gasteiger partial charge in [-0.1, -0.05) is 0 Å². The van der Waals surface area contributed by atoms with Gasteiger partial charge >= 0.3 is 0 Å². The van der Waals surface area contributed by atoms with E-state index in [-0.39, 0.29) is 23.1 Å². The standard InChI is InChI=1S/C22H28N2O7S/c1-28-17-7-8-20(31-4)21(13-17)32(26,27)24-9-5-6-15(14-24)22(25)23-16-10-18(29-2)12-19(11-16)30-3/h7-8,10-13,15H,5-6,9,14H2,1-4H3,(H,23,25). The van der Waals surface area contributed by atoms with E-state index in [4.69, 9.17) is 18.9 Å². The first-order valence-corrected chi connectivity index (χ1v) is 11.5. The van der Waals surface area contributed by atoms with Crippen LogP contribution in [-0.4, -0.2) is 60.2 Å². The van der Waals surface area contributed by atoms with Gasteiger partial charge in [-0.2, -0.15) is 4.31 Å². The lowest BCUT2D eigenvalue weighted by molar-refractivity contribution is -0.120. The van der Waals surface area contributed by atoms with Crippen LogP contribution in [0.2, 0.25) is 0 Å². The van der Waals surface area contributed by atoms with Gasteiger partial charge < -0.3 is 24.3 Å². The van der Waals surface area contributed by atoms with Crippen molar-refractivity contribution in [1.29, 1.82) is 0 Å². The summed E-state index contributed by atoms with van der Waals surface area (Å²) in [5.41, 5.74) is 0.514. The van der Waals surface area contributed by atoms with Gasteiger partial charge in [0.05, 0.1) is 34.4 Å². The Morgan fingerprint density at radius 1 is 0.938 bits per heavy atom. The molecule has 32 heavy (non-hydrogen) atoms. The molecule has 1 heterocycles. The van der Waals surface area contributed by atoms with E-state index in [0.29, 0.717) is 42.3 Å². The van der Waals surface area contributed by atoms with Crippen LogP contribution in [0.5, 0.6) is 23.0 Å². The zero-order valence-corrected chi connectivity index (χ0v) is 19.4. The molecule has 1 atom stereocenters. The average molecular weight is 465 g/mol. The number of anilines is 1. The second-order valence-corrected chi connectivity index (χ2v) is 9.22. The van der Waals surface area contributed by atoms with Crippen molar-refractivity contribution < 1.29 is 32.2 Å². The molecular weight excluding hydrogens is 436 g/mol. The number of rotatable bonds is 8. The molecule has 174 valence electrons. The molecular formula is C22H28N2O7S. The predicted molar refractivity (Wildman–Crippen MR) is 119 cm³/mol. The van der Waals surface area contributed by atoms with Gasteiger partial charge in [-0.05, 0) is 25.0 Å². The number of carbonyl (C=O) groups excluding carboxylic acids is 1. The second kappa shape index (κ2) is 10.1. The second-order valence-electron chi connectivity index (χ2n) is 7.31. The minimum Gasteiger partial charge on any atom is -0.497 e. The summed E-state index contributed by atoms with van der Waals surface area (Å²) < 4.78 is 48.9. The highest BCUT2D eigenvalue weighted by molar-refractivity contribution is 7.89. The molecule has 1 aliphatic heterocycles. The lowest BCUT2D eigenvalue weighted by Crippen LogP contribution is -2.43. The number of nitrogens with zero attached hydrogens (tertiary/aromatic N) is 1. The highest BCUT2D eigenvalue weighted by Crippen LogP contribution is 2.33. The molecule has 2 aromatic rings. The van der Waals surface area contributed by atoms with Crippen LogP contribution in [0, 0.1) is 5.92 Å². The number of hydrogen-bond donors (Lipinski definition) is 1. The van der Waals surface area contributed by atoms with Gasteiger partial charge in [0.1, 0.15) is 27.9 Å². The van der Waals surface area contributed by atoms with Gasteiger partial charge in [0.25, 0.3) is 0 Å². The molecule has 1 unspecified atom stereocenters. The summed E-state index contributed by atoms with van der Waals surface area (Å²) in [6, 6.07) is 9.67. The summed E-state index contributed by atoms with van der Waals surface area (Å²) in [4.78, 5) is 13.0. The largest absolute Gasteiger partial charge is 0.497 e.